The predicted octanol–water partition coefficient (Wildman–Crippen LogP) is 15.8. The fourth-order valence-electron chi connectivity index (χ4n) is 8.63. The number of hydrogen-bond acceptors (Lipinski definition) is 1. The number of hydrogen-bond donors (Lipinski definition) is 0. The van der Waals surface area contributed by atoms with Gasteiger partial charge in [0.15, 0.2) is 0 Å². The van der Waals surface area contributed by atoms with Crippen LogP contribution in [0.5, 0.6) is 0 Å². The Bertz CT molecular complexity index is 3240. The molecule has 1 heterocycles. The van der Waals surface area contributed by atoms with Gasteiger partial charge in [0.1, 0.15) is 0 Å². The van der Waals surface area contributed by atoms with Crippen molar-refractivity contribution in [3.8, 4) is 55.6 Å². The van der Waals surface area contributed by atoms with Gasteiger partial charge in [-0.25, -0.2) is 0 Å². The van der Waals surface area contributed by atoms with Gasteiger partial charge in [0.25, 0.3) is 0 Å². The second kappa shape index (κ2) is 13.0. The van der Waals surface area contributed by atoms with Crippen molar-refractivity contribution in [2.75, 3.05) is 0 Å². The van der Waals surface area contributed by atoms with Crippen molar-refractivity contribution in [1.82, 2.24) is 0 Å². The Labute approximate surface area is 324 Å². The summed E-state index contributed by atoms with van der Waals surface area (Å²) in [5, 5.41) is 10.2. The quantitative estimate of drug-likeness (QED) is 0.156. The molecule has 0 aliphatic carbocycles. The van der Waals surface area contributed by atoms with Crippen molar-refractivity contribution in [1.29, 1.82) is 0 Å². The van der Waals surface area contributed by atoms with Crippen molar-refractivity contribution >= 4 is 63.8 Å². The Hall–Kier alpha value is -6.80. The summed E-state index contributed by atoms with van der Waals surface area (Å²) in [4.78, 5) is 0. The molecule has 10 aromatic carbocycles. The SMILES string of the molecule is c1ccc(-c2c3ccccc3c(-c3ccccc3)c3cc(-c4cccc(-c5cccc6c5sc5ccc(-c7ccc8ccccc8c7)cc56)c4)ccc23)cc1. The molecule has 11 rings (SSSR count). The molecule has 0 radical (unpaired) electrons. The van der Waals surface area contributed by atoms with E-state index >= 15 is 0 Å². The van der Waals surface area contributed by atoms with Gasteiger partial charge in [0, 0.05) is 20.2 Å². The van der Waals surface area contributed by atoms with Crippen LogP contribution in [0.25, 0.3) is 108 Å². The Kier molecular flexibility index (Phi) is 7.46. The van der Waals surface area contributed by atoms with E-state index in [0.717, 1.165) is 0 Å². The average molecular weight is 715 g/mol. The van der Waals surface area contributed by atoms with Gasteiger partial charge in [0.2, 0.25) is 0 Å². The summed E-state index contributed by atoms with van der Waals surface area (Å²) in [6, 6.07) is 75.9. The molecule has 1 heteroatoms. The molecule has 11 aromatic rings. The molecular formula is C54H34S. The highest BCUT2D eigenvalue weighted by Crippen LogP contribution is 2.46. The molecule has 0 aliphatic rings. The molecule has 0 bridgehead atoms. The summed E-state index contributed by atoms with van der Waals surface area (Å²) >= 11 is 1.89. The smallest absolute Gasteiger partial charge is 0.0433 e. The summed E-state index contributed by atoms with van der Waals surface area (Å²) in [5.41, 5.74) is 12.5. The highest BCUT2D eigenvalue weighted by Gasteiger charge is 2.18. The molecule has 55 heavy (non-hydrogen) atoms. The maximum atomic E-state index is 2.42. The minimum Gasteiger partial charge on any atom is -0.135 e. The summed E-state index contributed by atoms with van der Waals surface area (Å²) in [6.07, 6.45) is 0. The van der Waals surface area contributed by atoms with Gasteiger partial charge in [-0.2, -0.15) is 0 Å². The second-order valence-electron chi connectivity index (χ2n) is 14.4. The highest BCUT2D eigenvalue weighted by molar-refractivity contribution is 7.26. The zero-order chi connectivity index (χ0) is 36.3. The molecule has 1 aromatic heterocycles. The molecule has 0 aliphatic heterocycles. The number of fused-ring (bicyclic) bond motifs is 6. The molecule has 0 amide bonds. The van der Waals surface area contributed by atoms with E-state index in [2.05, 4.69) is 206 Å². The molecule has 0 fully saturated rings. The first-order valence-corrected chi connectivity index (χ1v) is 19.7. The van der Waals surface area contributed by atoms with Crippen LogP contribution in [0.1, 0.15) is 0 Å². The first kappa shape index (κ1) is 31.7. The first-order valence-electron chi connectivity index (χ1n) is 18.9. The average Bonchev–Trinajstić information content (AvgIpc) is 3.64. The van der Waals surface area contributed by atoms with E-state index in [1.165, 1.54) is 108 Å². The van der Waals surface area contributed by atoms with E-state index in [9.17, 15) is 0 Å². The van der Waals surface area contributed by atoms with Crippen LogP contribution in [0, 0.1) is 0 Å². The van der Waals surface area contributed by atoms with Crippen LogP contribution < -0.4 is 0 Å². The molecule has 0 saturated carbocycles. The zero-order valence-electron chi connectivity index (χ0n) is 30.0. The lowest BCUT2D eigenvalue weighted by atomic mass is 9.85. The fourth-order valence-corrected chi connectivity index (χ4v) is 9.85. The Morgan fingerprint density at radius 3 is 1.53 bits per heavy atom. The summed E-state index contributed by atoms with van der Waals surface area (Å²) in [7, 11) is 0. The number of thiophene rings is 1. The van der Waals surface area contributed by atoms with Gasteiger partial charge in [-0.05, 0) is 118 Å². The van der Waals surface area contributed by atoms with Gasteiger partial charge in [-0.15, -0.1) is 11.3 Å². The van der Waals surface area contributed by atoms with Crippen LogP contribution in [0.15, 0.2) is 206 Å². The maximum absolute atomic E-state index is 2.42. The van der Waals surface area contributed by atoms with E-state index in [1.807, 2.05) is 11.3 Å². The van der Waals surface area contributed by atoms with Crippen molar-refractivity contribution in [2.45, 2.75) is 0 Å². The van der Waals surface area contributed by atoms with Gasteiger partial charge in [-0.1, -0.05) is 176 Å². The minimum absolute atomic E-state index is 1.21. The Morgan fingerprint density at radius 1 is 0.255 bits per heavy atom. The minimum atomic E-state index is 1.21. The molecule has 0 N–H and O–H groups in total. The topological polar surface area (TPSA) is 0 Å². The monoisotopic (exact) mass is 714 g/mol. The van der Waals surface area contributed by atoms with Crippen LogP contribution in [0.3, 0.4) is 0 Å². The van der Waals surface area contributed by atoms with E-state index in [-0.39, 0.29) is 0 Å². The molecule has 0 saturated heterocycles. The van der Waals surface area contributed by atoms with Crippen molar-refractivity contribution in [3.05, 3.63) is 206 Å². The summed E-state index contributed by atoms with van der Waals surface area (Å²) in [6.45, 7) is 0. The predicted molar refractivity (Wildman–Crippen MR) is 239 cm³/mol. The van der Waals surface area contributed by atoms with E-state index in [0.29, 0.717) is 0 Å². The zero-order valence-corrected chi connectivity index (χ0v) is 30.9. The van der Waals surface area contributed by atoms with Crippen molar-refractivity contribution in [2.24, 2.45) is 0 Å². The molecule has 0 nitrogen and oxygen atoms in total. The lowest BCUT2D eigenvalue weighted by Gasteiger charge is -2.19. The van der Waals surface area contributed by atoms with Gasteiger partial charge in [-0.3, -0.25) is 0 Å². The third-order valence-corrected chi connectivity index (χ3v) is 12.5. The van der Waals surface area contributed by atoms with Gasteiger partial charge in [0.05, 0.1) is 0 Å². The fraction of sp³-hybridized carbons (Fsp3) is 0. The number of benzene rings is 10. The number of rotatable bonds is 5. The van der Waals surface area contributed by atoms with E-state index in [1.54, 1.807) is 0 Å². The first-order chi connectivity index (χ1) is 27.3. The lowest BCUT2D eigenvalue weighted by Crippen LogP contribution is -1.91. The van der Waals surface area contributed by atoms with E-state index in [4.69, 9.17) is 0 Å². The molecule has 0 unspecified atom stereocenters. The van der Waals surface area contributed by atoms with Crippen molar-refractivity contribution < 1.29 is 0 Å². The van der Waals surface area contributed by atoms with Crippen LogP contribution in [-0.2, 0) is 0 Å². The molecule has 256 valence electrons. The Balaban J connectivity index is 1.06. The molecule has 0 atom stereocenters. The van der Waals surface area contributed by atoms with Crippen LogP contribution in [0.2, 0.25) is 0 Å². The largest absolute Gasteiger partial charge is 0.135 e. The normalized spacial score (nSPS) is 11.6. The van der Waals surface area contributed by atoms with E-state index < -0.39 is 0 Å². The highest BCUT2D eigenvalue weighted by atomic mass is 32.1. The summed E-state index contributed by atoms with van der Waals surface area (Å²) in [5.74, 6) is 0. The maximum Gasteiger partial charge on any atom is 0.0433 e. The third kappa shape index (κ3) is 5.35. The van der Waals surface area contributed by atoms with Gasteiger partial charge >= 0.3 is 0 Å². The van der Waals surface area contributed by atoms with Crippen LogP contribution >= 0.6 is 11.3 Å². The second-order valence-corrected chi connectivity index (χ2v) is 15.5. The van der Waals surface area contributed by atoms with Crippen LogP contribution in [0.4, 0.5) is 0 Å². The molecule has 0 spiro atoms. The Morgan fingerprint density at radius 2 is 0.764 bits per heavy atom. The van der Waals surface area contributed by atoms with Gasteiger partial charge < -0.3 is 0 Å². The summed E-state index contributed by atoms with van der Waals surface area (Å²) < 4.78 is 2.64. The lowest BCUT2D eigenvalue weighted by molar-refractivity contribution is 1.62. The van der Waals surface area contributed by atoms with Crippen molar-refractivity contribution in [3.63, 3.8) is 0 Å². The third-order valence-electron chi connectivity index (χ3n) is 11.2. The standard InChI is InChI=1S/C54H34S/c1-3-14-36(15-4-1)52-45-21-9-10-22-46(45)53(37-16-5-2-6-17-37)50-34-41(27-29-47(50)52)39-19-11-20-43(32-39)44-23-12-24-48-49-33-42(28-30-51(49)55-54(44)48)40-26-25-35-13-7-8-18-38(35)31-40/h1-34H. The molecular weight excluding hydrogens is 681 g/mol. The van der Waals surface area contributed by atoms with Crippen LogP contribution in [-0.4, -0.2) is 0 Å².